The summed E-state index contributed by atoms with van der Waals surface area (Å²) in [4.78, 5) is 2.36. The average molecular weight is 731 g/mol. The summed E-state index contributed by atoms with van der Waals surface area (Å²) in [5.41, 5.74) is 15.4. The van der Waals surface area contributed by atoms with Gasteiger partial charge in [-0.2, -0.15) is 0 Å². The minimum absolute atomic E-state index is 0.0651. The van der Waals surface area contributed by atoms with Crippen molar-refractivity contribution in [3.63, 3.8) is 0 Å². The van der Waals surface area contributed by atoms with Crippen LogP contribution in [-0.4, -0.2) is 4.57 Å². The monoisotopic (exact) mass is 730 g/mol. The van der Waals surface area contributed by atoms with Gasteiger partial charge >= 0.3 is 0 Å². The summed E-state index contributed by atoms with van der Waals surface area (Å²) in [7, 11) is 0. The van der Waals surface area contributed by atoms with Crippen molar-refractivity contribution in [2.75, 3.05) is 4.90 Å². The molecule has 12 rings (SSSR count). The first kappa shape index (κ1) is 32.2. The van der Waals surface area contributed by atoms with Crippen LogP contribution >= 0.6 is 0 Å². The fraction of sp³-hybridized carbons (Fsp3) is 0.0741. The zero-order valence-corrected chi connectivity index (χ0v) is 32.0. The van der Waals surface area contributed by atoms with Crippen molar-refractivity contribution in [1.82, 2.24) is 4.57 Å². The lowest BCUT2D eigenvalue weighted by molar-refractivity contribution is 0.590. The lowest BCUT2D eigenvalue weighted by Gasteiger charge is -2.28. The molecule has 0 saturated carbocycles. The summed E-state index contributed by atoms with van der Waals surface area (Å²) < 4.78 is 8.79. The Kier molecular flexibility index (Phi) is 6.61. The molecule has 0 atom stereocenters. The topological polar surface area (TPSA) is 21.3 Å². The van der Waals surface area contributed by atoms with Crippen molar-refractivity contribution < 1.29 is 4.42 Å². The van der Waals surface area contributed by atoms with Crippen LogP contribution in [0.4, 0.5) is 17.1 Å². The Morgan fingerprint density at radius 3 is 1.58 bits per heavy atom. The zero-order valence-electron chi connectivity index (χ0n) is 32.0. The van der Waals surface area contributed by atoms with Crippen LogP contribution in [0.2, 0.25) is 0 Å². The maximum absolute atomic E-state index is 6.39. The van der Waals surface area contributed by atoms with E-state index in [1.54, 1.807) is 0 Å². The van der Waals surface area contributed by atoms with Gasteiger partial charge in [-0.05, 0) is 146 Å². The number of nitrogens with zero attached hydrogens (tertiary/aromatic N) is 2. The maximum Gasteiger partial charge on any atom is 0.137 e. The molecule has 57 heavy (non-hydrogen) atoms. The number of hydrogen-bond donors (Lipinski definition) is 0. The van der Waals surface area contributed by atoms with Crippen LogP contribution < -0.4 is 4.90 Å². The van der Waals surface area contributed by atoms with Crippen LogP contribution in [0.3, 0.4) is 0 Å². The molecule has 0 saturated heterocycles. The fourth-order valence-electron chi connectivity index (χ4n) is 9.29. The summed E-state index contributed by atoms with van der Waals surface area (Å²) in [5.74, 6) is 0. The van der Waals surface area contributed by atoms with Gasteiger partial charge in [0.25, 0.3) is 0 Å². The second kappa shape index (κ2) is 11.7. The summed E-state index contributed by atoms with van der Waals surface area (Å²) in [6.07, 6.45) is 0. The molecule has 2 aromatic heterocycles. The normalized spacial score (nSPS) is 12.5. The van der Waals surface area contributed by atoms with Gasteiger partial charge in [0.2, 0.25) is 0 Å². The Morgan fingerprint density at radius 2 is 0.912 bits per heavy atom. The summed E-state index contributed by atoms with van der Waals surface area (Å²) >= 11 is 0. The molecule has 0 unspecified atom stereocenters. The SMILES string of the molecule is CC(C)(C)c1ccc(N(c2ccc3cc4c(cc3c2)-c2cc3cc(-n5c6ccccc6c6ccccc65)ccc3cc2-4)c2ccc3c(c2)oc2ccccc23)cc1. The van der Waals surface area contributed by atoms with Gasteiger partial charge in [-0.3, -0.25) is 0 Å². The molecule has 0 bridgehead atoms. The highest BCUT2D eigenvalue weighted by Gasteiger charge is 2.25. The van der Waals surface area contributed by atoms with E-state index in [-0.39, 0.29) is 5.41 Å². The van der Waals surface area contributed by atoms with Crippen LogP contribution in [-0.2, 0) is 5.41 Å². The van der Waals surface area contributed by atoms with Crippen molar-refractivity contribution in [2.24, 2.45) is 0 Å². The predicted octanol–water partition coefficient (Wildman–Crippen LogP) is 15.4. The van der Waals surface area contributed by atoms with E-state index in [9.17, 15) is 0 Å². The molecule has 1 aliphatic carbocycles. The number of anilines is 3. The molecule has 0 amide bonds. The third kappa shape index (κ3) is 4.85. The molecular formula is C54H38N2O. The molecule has 0 spiro atoms. The van der Waals surface area contributed by atoms with Gasteiger partial charge < -0.3 is 13.9 Å². The average Bonchev–Trinajstić information content (AvgIpc) is 3.78. The van der Waals surface area contributed by atoms with E-state index in [0.29, 0.717) is 0 Å². The Morgan fingerprint density at radius 1 is 0.404 bits per heavy atom. The largest absolute Gasteiger partial charge is 0.456 e. The standard InChI is InChI=1S/C54H38N2O/c1-54(2,3)37-18-22-38(23-19-37)55(41-24-25-45-44-12-6-9-15-52(44)57-53(45)32-41)39-20-16-33-28-46-47-29-34-17-21-40(27-36(34)31-49(47)48(46)30-35(33)26-39)56-50-13-7-4-10-42(50)43-11-5-8-14-51(43)56/h4-32H,1-3H3. The van der Waals surface area contributed by atoms with Gasteiger partial charge in [0, 0.05) is 50.4 Å². The number of aromatic nitrogens is 1. The highest BCUT2D eigenvalue weighted by Crippen LogP contribution is 2.51. The molecule has 1 aliphatic rings. The molecule has 3 nitrogen and oxygen atoms in total. The van der Waals surface area contributed by atoms with Crippen LogP contribution in [0.25, 0.3) is 93.2 Å². The van der Waals surface area contributed by atoms with Gasteiger partial charge in [-0.15, -0.1) is 0 Å². The minimum Gasteiger partial charge on any atom is -0.456 e. The van der Waals surface area contributed by atoms with Crippen molar-refractivity contribution in [1.29, 1.82) is 0 Å². The van der Waals surface area contributed by atoms with Crippen molar-refractivity contribution >= 4 is 82.4 Å². The molecule has 0 fully saturated rings. The third-order valence-corrected chi connectivity index (χ3v) is 12.2. The first-order chi connectivity index (χ1) is 27.9. The van der Waals surface area contributed by atoms with Gasteiger partial charge in [-0.25, -0.2) is 0 Å². The molecular weight excluding hydrogens is 693 g/mol. The Bertz CT molecular complexity index is 3390. The molecule has 0 aliphatic heterocycles. The van der Waals surface area contributed by atoms with Gasteiger partial charge in [-0.1, -0.05) is 99.6 Å². The molecule has 3 heteroatoms. The molecule has 9 aromatic carbocycles. The van der Waals surface area contributed by atoms with Crippen LogP contribution in [0.15, 0.2) is 180 Å². The van der Waals surface area contributed by atoms with E-state index >= 15 is 0 Å². The highest BCUT2D eigenvalue weighted by atomic mass is 16.3. The maximum atomic E-state index is 6.39. The van der Waals surface area contributed by atoms with E-state index in [4.69, 9.17) is 4.42 Å². The van der Waals surface area contributed by atoms with Crippen molar-refractivity contribution in [2.45, 2.75) is 26.2 Å². The van der Waals surface area contributed by atoms with E-state index in [0.717, 1.165) is 39.0 Å². The molecule has 11 aromatic rings. The smallest absolute Gasteiger partial charge is 0.137 e. The van der Waals surface area contributed by atoms with E-state index in [1.807, 2.05) is 12.1 Å². The number of furan rings is 1. The number of para-hydroxylation sites is 3. The second-order valence-corrected chi connectivity index (χ2v) is 16.6. The lowest BCUT2D eigenvalue weighted by atomic mass is 9.78. The van der Waals surface area contributed by atoms with E-state index in [2.05, 4.69) is 194 Å². The van der Waals surface area contributed by atoms with Crippen molar-refractivity contribution in [3.05, 3.63) is 181 Å². The van der Waals surface area contributed by atoms with Crippen LogP contribution in [0.1, 0.15) is 26.3 Å². The molecule has 0 radical (unpaired) electrons. The Labute approximate surface area is 330 Å². The first-order valence-electron chi connectivity index (χ1n) is 19.8. The quantitative estimate of drug-likeness (QED) is 0.180. The van der Waals surface area contributed by atoms with E-state index in [1.165, 1.54) is 76.9 Å². The second-order valence-electron chi connectivity index (χ2n) is 16.6. The lowest BCUT2D eigenvalue weighted by Crippen LogP contribution is -2.13. The summed E-state index contributed by atoms with van der Waals surface area (Å²) in [6, 6.07) is 64.7. The fourth-order valence-corrected chi connectivity index (χ4v) is 9.29. The number of benzene rings is 9. The molecule has 2 heterocycles. The van der Waals surface area contributed by atoms with Gasteiger partial charge in [0.05, 0.1) is 11.0 Å². The third-order valence-electron chi connectivity index (χ3n) is 12.2. The zero-order chi connectivity index (χ0) is 38.0. The number of rotatable bonds is 4. The highest BCUT2D eigenvalue weighted by molar-refractivity contribution is 6.13. The Hall–Kier alpha value is -7.10. The van der Waals surface area contributed by atoms with Crippen LogP contribution in [0.5, 0.6) is 0 Å². The predicted molar refractivity (Wildman–Crippen MR) is 241 cm³/mol. The first-order valence-corrected chi connectivity index (χ1v) is 19.8. The van der Waals surface area contributed by atoms with Crippen LogP contribution in [0, 0.1) is 0 Å². The number of fused-ring (bicyclic) bond motifs is 12. The van der Waals surface area contributed by atoms with Crippen molar-refractivity contribution in [3.8, 4) is 27.9 Å². The molecule has 270 valence electrons. The number of hydrogen-bond acceptors (Lipinski definition) is 2. The summed E-state index contributed by atoms with van der Waals surface area (Å²) in [5, 5.41) is 9.79. The van der Waals surface area contributed by atoms with Gasteiger partial charge in [0.15, 0.2) is 0 Å². The Balaban J connectivity index is 0.972. The molecule has 0 N–H and O–H groups in total. The summed E-state index contributed by atoms with van der Waals surface area (Å²) in [6.45, 7) is 6.79. The minimum atomic E-state index is 0.0651. The van der Waals surface area contributed by atoms with Gasteiger partial charge in [0.1, 0.15) is 11.2 Å². The van der Waals surface area contributed by atoms with E-state index < -0.39 is 0 Å².